The zero-order valence-electron chi connectivity index (χ0n) is 5.99. The Labute approximate surface area is 69.5 Å². The summed E-state index contributed by atoms with van der Waals surface area (Å²) in [5, 5.41) is 2.95. The van der Waals surface area contributed by atoms with E-state index in [4.69, 9.17) is 0 Å². The van der Waals surface area contributed by atoms with Gasteiger partial charge in [0.2, 0.25) is 0 Å². The van der Waals surface area contributed by atoms with Gasteiger partial charge in [-0.1, -0.05) is 26.4 Å². The summed E-state index contributed by atoms with van der Waals surface area (Å²) in [5.74, 6) is 4.41. The van der Waals surface area contributed by atoms with Gasteiger partial charge < -0.3 is 0 Å². The molecule has 11 heavy (non-hydrogen) atoms. The highest BCUT2D eigenvalue weighted by atomic mass is 31.0. The molecule has 1 unspecified atom stereocenters. The Morgan fingerprint density at radius 3 is 2.73 bits per heavy atom. The summed E-state index contributed by atoms with van der Waals surface area (Å²) in [6.45, 7) is 0. The van der Waals surface area contributed by atoms with Gasteiger partial charge in [0.15, 0.2) is 0 Å². The Bertz CT molecular complexity index is 311. The zero-order valence-corrected chi connectivity index (χ0v) is 7.88. The van der Waals surface area contributed by atoms with Gasteiger partial charge in [0, 0.05) is 10.6 Å². The molecule has 0 saturated carbocycles. The largest absolute Gasteiger partial charge is 0.131 e. The van der Waals surface area contributed by atoms with Gasteiger partial charge in [-0.25, -0.2) is 0 Å². The van der Waals surface area contributed by atoms with Gasteiger partial charge in [0.1, 0.15) is 0 Å². The van der Waals surface area contributed by atoms with E-state index in [1.54, 1.807) is 0 Å². The molecule has 2 aromatic rings. The summed E-state index contributed by atoms with van der Waals surface area (Å²) in [5.41, 5.74) is 0. The molecule has 0 aromatic carbocycles. The average molecular weight is 178 g/mol. The van der Waals surface area contributed by atoms with Gasteiger partial charge in [-0.3, -0.25) is 0 Å². The van der Waals surface area contributed by atoms with Crippen LogP contribution < -0.4 is 0 Å². The molecule has 0 saturated heterocycles. The van der Waals surface area contributed by atoms with E-state index in [0.29, 0.717) is 0 Å². The molecule has 2 rings (SSSR count). The monoisotopic (exact) mass is 178 g/mol. The van der Waals surface area contributed by atoms with Crippen molar-refractivity contribution in [2.24, 2.45) is 0 Å². The van der Waals surface area contributed by atoms with Crippen molar-refractivity contribution in [1.82, 2.24) is 0 Å². The third kappa shape index (κ3) is 1.53. The first-order chi connectivity index (χ1) is 5.47. The molecule has 0 aliphatic heterocycles. The van der Waals surface area contributed by atoms with E-state index in [0.717, 1.165) is 8.19 Å². The Kier molecular flexibility index (Phi) is 2.08. The zero-order chi connectivity index (χ0) is 7.52. The maximum atomic E-state index is 2.23. The fraction of sp³-hybridized carbons (Fsp3) is 0. The van der Waals surface area contributed by atoms with Crippen molar-refractivity contribution in [3.05, 3.63) is 41.9 Å². The van der Waals surface area contributed by atoms with Crippen LogP contribution in [0.2, 0.25) is 0 Å². The molecular formula is C9H8P2. The quantitative estimate of drug-likeness (QED) is 0.619. The standard InChI is InChI=1S/C9H8P2/c1-2-6-10-8(4-1)9-5-3-7-11-9/h1-7,11H. The minimum absolute atomic E-state index is 0.882. The molecule has 2 heterocycles. The van der Waals surface area contributed by atoms with Crippen LogP contribution in [0.1, 0.15) is 0 Å². The maximum absolute atomic E-state index is 2.23. The lowest BCUT2D eigenvalue weighted by molar-refractivity contribution is 1.85. The summed E-state index contributed by atoms with van der Waals surface area (Å²) in [6, 6.07) is 10.8. The fourth-order valence-corrected chi connectivity index (χ4v) is 2.93. The second-order valence-electron chi connectivity index (χ2n) is 2.30. The molecule has 0 aliphatic carbocycles. The second kappa shape index (κ2) is 3.22. The van der Waals surface area contributed by atoms with Gasteiger partial charge in [0.05, 0.1) is 0 Å². The minimum Gasteiger partial charge on any atom is -0.131 e. The van der Waals surface area contributed by atoms with Crippen molar-refractivity contribution in [3.8, 4) is 10.6 Å². The molecule has 0 bridgehead atoms. The normalized spacial score (nSPS) is 11.3. The molecular weight excluding hydrogens is 170 g/mol. The lowest BCUT2D eigenvalue weighted by atomic mass is 10.4. The van der Waals surface area contributed by atoms with Crippen LogP contribution in [0.3, 0.4) is 0 Å². The molecule has 54 valence electrons. The first-order valence-corrected chi connectivity index (χ1v) is 5.56. The lowest BCUT2D eigenvalue weighted by Crippen LogP contribution is -1.60. The third-order valence-corrected chi connectivity index (χ3v) is 3.84. The molecule has 0 fully saturated rings. The van der Waals surface area contributed by atoms with E-state index in [1.807, 2.05) is 0 Å². The molecule has 2 heteroatoms. The molecule has 2 aromatic heterocycles. The highest BCUT2D eigenvalue weighted by Gasteiger charge is 1.93. The van der Waals surface area contributed by atoms with Crippen LogP contribution >= 0.6 is 16.4 Å². The summed E-state index contributed by atoms with van der Waals surface area (Å²) >= 11 is 0. The third-order valence-electron chi connectivity index (χ3n) is 1.54. The summed E-state index contributed by atoms with van der Waals surface area (Å²) in [4.78, 5) is 0. The van der Waals surface area contributed by atoms with E-state index in [2.05, 4.69) is 41.9 Å². The Morgan fingerprint density at radius 2 is 2.09 bits per heavy atom. The topological polar surface area (TPSA) is 0 Å². The van der Waals surface area contributed by atoms with Crippen LogP contribution in [-0.2, 0) is 0 Å². The average Bonchev–Trinajstić information content (AvgIpc) is 2.58. The Morgan fingerprint density at radius 1 is 1.09 bits per heavy atom. The summed E-state index contributed by atoms with van der Waals surface area (Å²) < 4.78 is 0. The van der Waals surface area contributed by atoms with E-state index < -0.39 is 0 Å². The molecule has 0 radical (unpaired) electrons. The van der Waals surface area contributed by atoms with Crippen LogP contribution in [-0.4, -0.2) is 0 Å². The highest BCUT2D eigenvalue weighted by molar-refractivity contribution is 7.39. The fourth-order valence-electron chi connectivity index (χ4n) is 1.01. The SMILES string of the molecule is c1ccc(-c2ccc[pH]2)pc1. The first-order valence-electron chi connectivity index (χ1n) is 3.51. The number of hydrogen-bond donors (Lipinski definition) is 0. The smallest absolute Gasteiger partial charge is 0.0127 e. The molecule has 0 nitrogen and oxygen atoms in total. The molecule has 1 atom stereocenters. The Balaban J connectivity index is 2.46. The molecule has 0 aliphatic rings. The number of hydrogen-bond acceptors (Lipinski definition) is 0. The summed E-state index contributed by atoms with van der Waals surface area (Å²) in [7, 11) is 2.22. The van der Waals surface area contributed by atoms with Crippen molar-refractivity contribution in [2.45, 2.75) is 0 Å². The predicted molar refractivity (Wildman–Crippen MR) is 53.9 cm³/mol. The van der Waals surface area contributed by atoms with Gasteiger partial charge in [-0.15, -0.1) is 8.19 Å². The molecule has 0 spiro atoms. The first kappa shape index (κ1) is 7.10. The lowest BCUT2D eigenvalue weighted by Gasteiger charge is -1.93. The predicted octanol–water partition coefficient (Wildman–Crippen LogP) is 3.97. The van der Waals surface area contributed by atoms with Crippen molar-refractivity contribution < 1.29 is 0 Å². The van der Waals surface area contributed by atoms with Gasteiger partial charge in [-0.05, 0) is 23.7 Å². The van der Waals surface area contributed by atoms with Crippen LogP contribution in [0.5, 0.6) is 0 Å². The van der Waals surface area contributed by atoms with Crippen LogP contribution in [0.4, 0.5) is 0 Å². The Hall–Kier alpha value is -0.570. The summed E-state index contributed by atoms with van der Waals surface area (Å²) in [6.07, 6.45) is 0. The van der Waals surface area contributed by atoms with Crippen LogP contribution in [0.15, 0.2) is 41.9 Å². The van der Waals surface area contributed by atoms with Gasteiger partial charge in [0.25, 0.3) is 0 Å². The molecule has 0 N–H and O–H groups in total. The minimum atomic E-state index is 0.882. The van der Waals surface area contributed by atoms with Crippen LogP contribution in [0.25, 0.3) is 10.6 Å². The van der Waals surface area contributed by atoms with Crippen molar-refractivity contribution in [3.63, 3.8) is 0 Å². The van der Waals surface area contributed by atoms with Crippen molar-refractivity contribution >= 4 is 16.4 Å². The van der Waals surface area contributed by atoms with Gasteiger partial charge in [-0.2, -0.15) is 0 Å². The van der Waals surface area contributed by atoms with Crippen molar-refractivity contribution in [2.75, 3.05) is 0 Å². The van der Waals surface area contributed by atoms with Gasteiger partial charge >= 0.3 is 0 Å². The van der Waals surface area contributed by atoms with E-state index >= 15 is 0 Å². The highest BCUT2D eigenvalue weighted by Crippen LogP contribution is 2.33. The number of rotatable bonds is 1. The maximum Gasteiger partial charge on any atom is 0.0127 e. The molecule has 0 amide bonds. The van der Waals surface area contributed by atoms with E-state index in [1.165, 1.54) is 18.8 Å². The van der Waals surface area contributed by atoms with E-state index in [9.17, 15) is 0 Å². The van der Waals surface area contributed by atoms with E-state index in [-0.39, 0.29) is 0 Å². The van der Waals surface area contributed by atoms with Crippen LogP contribution in [0, 0.1) is 0 Å². The second-order valence-corrected chi connectivity index (χ2v) is 4.50. The van der Waals surface area contributed by atoms with Crippen molar-refractivity contribution in [1.29, 1.82) is 0 Å².